The van der Waals surface area contributed by atoms with Gasteiger partial charge in [-0.25, -0.2) is 0 Å². The summed E-state index contributed by atoms with van der Waals surface area (Å²) in [6.07, 6.45) is 2.84. The second kappa shape index (κ2) is 16.6. The largest absolute Gasteiger partial charge is 1.00 e. The summed E-state index contributed by atoms with van der Waals surface area (Å²) in [4.78, 5) is 4.05. The molecule has 188 valence electrons. The minimum Gasteiger partial charge on any atom is -0.517 e. The van der Waals surface area contributed by atoms with Crippen molar-refractivity contribution in [1.82, 2.24) is 4.98 Å². The van der Waals surface area contributed by atoms with Crippen molar-refractivity contribution in [3.8, 4) is 23.1 Å². The first-order chi connectivity index (χ1) is 17.4. The predicted octanol–water partition coefficient (Wildman–Crippen LogP) is -1.21. The summed E-state index contributed by atoms with van der Waals surface area (Å²) in [6.45, 7) is 7.28. The molecule has 6 nitrogen and oxygen atoms in total. The average molecular weight is 664 g/mol. The van der Waals surface area contributed by atoms with Crippen molar-refractivity contribution in [2.75, 3.05) is 0 Å². The molecule has 6 rings (SSSR count). The number of pyridine rings is 1. The molecule has 0 unspecified atom stereocenters. The monoisotopic (exact) mass is 663 g/mol. The van der Waals surface area contributed by atoms with Crippen molar-refractivity contribution >= 4 is 25.0 Å². The summed E-state index contributed by atoms with van der Waals surface area (Å²) in [5.74, 6) is 2.84. The number of rotatable bonds is 4. The molecule has 0 fully saturated rings. The molecule has 0 radical (unpaired) electrons. The molecular formula is C29H29B2NO5Rb2. The van der Waals surface area contributed by atoms with Crippen molar-refractivity contribution in [3.63, 3.8) is 0 Å². The summed E-state index contributed by atoms with van der Waals surface area (Å²) in [5.41, 5.74) is 6.29. The van der Waals surface area contributed by atoms with Gasteiger partial charge in [-0.2, -0.15) is 23.8 Å². The summed E-state index contributed by atoms with van der Waals surface area (Å²) >= 11 is 0. The SMILES string of the molecule is C.CB1OCc2cc(Oc3c[c-]c(C)cc3)ccc21.Cc1[c-]nc(Oc2ccc3c(c2)COB3O)cc1.[Rb+].[Rb+]. The topological polar surface area (TPSA) is 70.0 Å². The number of hydrogen-bond acceptors (Lipinski definition) is 6. The van der Waals surface area contributed by atoms with E-state index in [0.29, 0.717) is 24.8 Å². The van der Waals surface area contributed by atoms with E-state index in [4.69, 9.17) is 18.8 Å². The van der Waals surface area contributed by atoms with Crippen LogP contribution in [0, 0.1) is 26.1 Å². The Morgan fingerprint density at radius 1 is 0.795 bits per heavy atom. The Morgan fingerprint density at radius 3 is 2.08 bits per heavy atom. The van der Waals surface area contributed by atoms with E-state index in [1.807, 2.05) is 50.2 Å². The van der Waals surface area contributed by atoms with Gasteiger partial charge in [0, 0.05) is 5.75 Å². The zero-order chi connectivity index (χ0) is 25.1. The summed E-state index contributed by atoms with van der Waals surface area (Å²) in [6, 6.07) is 24.2. The Kier molecular flexibility index (Phi) is 15.0. The summed E-state index contributed by atoms with van der Waals surface area (Å²) < 4.78 is 22.1. The van der Waals surface area contributed by atoms with Crippen LogP contribution in [0.1, 0.15) is 29.7 Å². The van der Waals surface area contributed by atoms with Gasteiger partial charge in [-0.05, 0) is 46.3 Å². The fourth-order valence-electron chi connectivity index (χ4n) is 4.02. The second-order valence-electron chi connectivity index (χ2n) is 8.83. The van der Waals surface area contributed by atoms with Gasteiger partial charge in [-0.15, -0.1) is 23.8 Å². The normalized spacial score (nSPS) is 12.5. The summed E-state index contributed by atoms with van der Waals surface area (Å²) in [5, 5.41) is 9.51. The van der Waals surface area contributed by atoms with Gasteiger partial charge in [0.25, 0.3) is 0 Å². The molecule has 0 atom stereocenters. The number of benzene rings is 3. The molecular weight excluding hydrogens is 635 g/mol. The van der Waals surface area contributed by atoms with Gasteiger partial charge < -0.3 is 28.8 Å². The minimum atomic E-state index is -0.820. The molecule has 10 heteroatoms. The fraction of sp³-hybridized carbons (Fsp3) is 0.207. The first-order valence-electron chi connectivity index (χ1n) is 11.8. The molecule has 1 aromatic heterocycles. The zero-order valence-corrected chi connectivity index (χ0v) is 32.3. The van der Waals surface area contributed by atoms with E-state index in [1.54, 1.807) is 18.2 Å². The van der Waals surface area contributed by atoms with Crippen LogP contribution in [0.5, 0.6) is 23.1 Å². The summed E-state index contributed by atoms with van der Waals surface area (Å²) in [7, 11) is -0.820. The number of ether oxygens (including phenoxy) is 2. The maximum absolute atomic E-state index is 9.51. The van der Waals surface area contributed by atoms with Crippen LogP contribution < -0.4 is 137 Å². The van der Waals surface area contributed by atoms with Crippen molar-refractivity contribution < 1.29 is 140 Å². The molecule has 0 bridgehead atoms. The molecule has 39 heavy (non-hydrogen) atoms. The Hall–Kier alpha value is 0.0303. The van der Waals surface area contributed by atoms with Crippen LogP contribution in [0.2, 0.25) is 6.82 Å². The van der Waals surface area contributed by atoms with Gasteiger partial charge in [0.1, 0.15) is 17.4 Å². The quantitative estimate of drug-likeness (QED) is 0.219. The van der Waals surface area contributed by atoms with Gasteiger partial charge in [0.2, 0.25) is 0 Å². The fourth-order valence-corrected chi connectivity index (χ4v) is 4.02. The van der Waals surface area contributed by atoms with Crippen LogP contribution >= 0.6 is 0 Å². The van der Waals surface area contributed by atoms with Gasteiger partial charge in [0.15, 0.2) is 0 Å². The minimum absolute atomic E-state index is 0. The second-order valence-corrected chi connectivity index (χ2v) is 8.83. The zero-order valence-electron chi connectivity index (χ0n) is 22.4. The van der Waals surface area contributed by atoms with Crippen LogP contribution in [0.15, 0.2) is 66.7 Å². The smallest absolute Gasteiger partial charge is 0.517 e. The van der Waals surface area contributed by atoms with Gasteiger partial charge in [-0.3, -0.25) is 0 Å². The number of nitrogens with zero attached hydrogens (tertiary/aromatic N) is 1. The molecule has 0 spiro atoms. The average Bonchev–Trinajstić information content (AvgIpc) is 3.44. The molecule has 3 aromatic carbocycles. The number of aryl methyl sites for hydroxylation is 2. The van der Waals surface area contributed by atoms with E-state index in [9.17, 15) is 5.02 Å². The molecule has 0 saturated carbocycles. The van der Waals surface area contributed by atoms with Crippen molar-refractivity contribution in [1.29, 1.82) is 0 Å². The van der Waals surface area contributed by atoms with Crippen LogP contribution in [0.25, 0.3) is 0 Å². The van der Waals surface area contributed by atoms with E-state index in [-0.39, 0.29) is 131 Å². The van der Waals surface area contributed by atoms with E-state index in [0.717, 1.165) is 33.7 Å². The van der Waals surface area contributed by atoms with Crippen LogP contribution in [0.3, 0.4) is 0 Å². The molecule has 0 saturated heterocycles. The molecule has 0 amide bonds. The van der Waals surface area contributed by atoms with E-state index in [2.05, 4.69) is 36.2 Å². The molecule has 2 aliphatic heterocycles. The third kappa shape index (κ3) is 9.52. The van der Waals surface area contributed by atoms with E-state index < -0.39 is 7.12 Å². The van der Waals surface area contributed by atoms with E-state index in [1.165, 1.54) is 11.0 Å². The molecule has 1 N–H and O–H groups in total. The van der Waals surface area contributed by atoms with Gasteiger partial charge in [-0.1, -0.05) is 46.4 Å². The van der Waals surface area contributed by atoms with E-state index >= 15 is 0 Å². The molecule has 0 aliphatic carbocycles. The Balaban J connectivity index is 0.000000254. The van der Waals surface area contributed by atoms with Crippen LogP contribution in [0.4, 0.5) is 0 Å². The van der Waals surface area contributed by atoms with Crippen molar-refractivity contribution in [3.05, 3.63) is 101 Å². The third-order valence-electron chi connectivity index (χ3n) is 6.03. The first kappa shape index (κ1) is 35.2. The Bertz CT molecular complexity index is 1250. The van der Waals surface area contributed by atoms with Crippen molar-refractivity contribution in [2.24, 2.45) is 0 Å². The number of hydrogen-bond donors (Lipinski definition) is 1. The Labute approximate surface area is 330 Å². The first-order valence-corrected chi connectivity index (χ1v) is 11.8. The Morgan fingerprint density at radius 2 is 1.41 bits per heavy atom. The van der Waals surface area contributed by atoms with Gasteiger partial charge >= 0.3 is 130 Å². The molecule has 3 heterocycles. The third-order valence-corrected chi connectivity index (χ3v) is 6.03. The van der Waals surface area contributed by atoms with Gasteiger partial charge in [0.05, 0.1) is 13.2 Å². The van der Waals surface area contributed by atoms with Crippen LogP contribution in [-0.2, 0) is 22.5 Å². The standard InChI is InChI=1S/C15H14BO2.C13H11BNO3.CH4.2Rb/c1-11-3-5-13(6-4-11)18-14-7-8-15-12(9-14)10-17-16(15)2;1-9-2-5-13(15-7-9)18-11-3-4-12-10(6-11)8-17-14(12)16;;;/h3,5-9H,10H2,1-2H3;2-6,16H,8H2,1H3;1H4;;/q2*-1;;2*+1. The number of aromatic nitrogens is 1. The maximum atomic E-state index is 9.51. The van der Waals surface area contributed by atoms with Crippen molar-refractivity contribution in [2.45, 2.75) is 41.3 Å². The van der Waals surface area contributed by atoms with Crippen LogP contribution in [-0.4, -0.2) is 24.0 Å². The molecule has 4 aromatic rings. The predicted molar refractivity (Wildman–Crippen MR) is 146 cm³/mol. The maximum Gasteiger partial charge on any atom is 1.00 e. The molecule has 2 aliphatic rings. The number of fused-ring (bicyclic) bond motifs is 2.